The van der Waals surface area contributed by atoms with Gasteiger partial charge in [0.2, 0.25) is 5.78 Å². The number of thiazole rings is 1. The van der Waals surface area contributed by atoms with Gasteiger partial charge in [0.25, 0.3) is 0 Å². The van der Waals surface area contributed by atoms with Crippen LogP contribution in [-0.4, -0.2) is 10.8 Å². The summed E-state index contributed by atoms with van der Waals surface area (Å²) in [5.74, 6) is -0.0292. The van der Waals surface area contributed by atoms with E-state index in [0.29, 0.717) is 17.8 Å². The van der Waals surface area contributed by atoms with Crippen molar-refractivity contribution in [2.75, 3.05) is 0 Å². The minimum Gasteiger partial charge on any atom is -0.325 e. The van der Waals surface area contributed by atoms with Crippen molar-refractivity contribution in [3.05, 3.63) is 51.0 Å². The number of hydrogen-bond donors (Lipinski definition) is 1. The molecule has 1 heterocycles. The second-order valence-electron chi connectivity index (χ2n) is 3.98. The molecule has 0 saturated heterocycles. The molecule has 0 fully saturated rings. The zero-order valence-corrected chi connectivity index (χ0v) is 10.7. The second-order valence-corrected chi connectivity index (χ2v) is 4.92. The SMILES string of the molecule is Cc1ccc(C(=O)c2csc(CN)n2)c(C)c1. The van der Waals surface area contributed by atoms with Crippen LogP contribution < -0.4 is 5.73 Å². The van der Waals surface area contributed by atoms with Crippen molar-refractivity contribution in [2.45, 2.75) is 20.4 Å². The topological polar surface area (TPSA) is 56.0 Å². The Hall–Kier alpha value is -1.52. The molecular formula is C13H14N2OS. The van der Waals surface area contributed by atoms with E-state index in [1.165, 1.54) is 11.3 Å². The summed E-state index contributed by atoms with van der Waals surface area (Å²) in [5, 5.41) is 2.56. The van der Waals surface area contributed by atoms with Crippen LogP contribution in [0, 0.1) is 13.8 Å². The Bertz CT molecular complexity index is 560. The molecule has 0 atom stereocenters. The molecule has 2 rings (SSSR count). The Balaban J connectivity index is 2.36. The highest BCUT2D eigenvalue weighted by molar-refractivity contribution is 7.09. The summed E-state index contributed by atoms with van der Waals surface area (Å²) in [5.41, 5.74) is 8.83. The van der Waals surface area contributed by atoms with Gasteiger partial charge in [0.1, 0.15) is 10.7 Å². The molecule has 1 aromatic carbocycles. The van der Waals surface area contributed by atoms with Crippen LogP contribution in [0.25, 0.3) is 0 Å². The first kappa shape index (κ1) is 12.0. The molecule has 0 aliphatic rings. The van der Waals surface area contributed by atoms with Gasteiger partial charge in [0.15, 0.2) is 0 Å². The van der Waals surface area contributed by atoms with Crippen LogP contribution in [0.5, 0.6) is 0 Å². The molecule has 4 heteroatoms. The number of nitrogens with two attached hydrogens (primary N) is 1. The maximum Gasteiger partial charge on any atom is 0.212 e. The second kappa shape index (κ2) is 4.77. The van der Waals surface area contributed by atoms with Crippen LogP contribution in [0.4, 0.5) is 0 Å². The van der Waals surface area contributed by atoms with E-state index in [1.807, 2.05) is 32.0 Å². The fourth-order valence-electron chi connectivity index (χ4n) is 1.72. The van der Waals surface area contributed by atoms with Crippen LogP contribution in [0.3, 0.4) is 0 Å². The van der Waals surface area contributed by atoms with Gasteiger partial charge in [-0.1, -0.05) is 23.8 Å². The Morgan fingerprint density at radius 1 is 1.41 bits per heavy atom. The molecule has 17 heavy (non-hydrogen) atoms. The van der Waals surface area contributed by atoms with E-state index >= 15 is 0 Å². The van der Waals surface area contributed by atoms with Gasteiger partial charge >= 0.3 is 0 Å². The van der Waals surface area contributed by atoms with Gasteiger partial charge in [-0.25, -0.2) is 4.98 Å². The maximum absolute atomic E-state index is 12.2. The van der Waals surface area contributed by atoms with Gasteiger partial charge in [0, 0.05) is 17.5 Å². The highest BCUT2D eigenvalue weighted by Crippen LogP contribution is 2.17. The third kappa shape index (κ3) is 2.43. The smallest absolute Gasteiger partial charge is 0.212 e. The predicted octanol–water partition coefficient (Wildman–Crippen LogP) is 2.45. The van der Waals surface area contributed by atoms with Crippen LogP contribution in [-0.2, 0) is 6.54 Å². The Morgan fingerprint density at radius 2 is 2.18 bits per heavy atom. The van der Waals surface area contributed by atoms with Gasteiger partial charge in [-0.2, -0.15) is 0 Å². The summed E-state index contributed by atoms with van der Waals surface area (Å²) < 4.78 is 0. The van der Waals surface area contributed by atoms with Crippen molar-refractivity contribution < 1.29 is 4.79 Å². The lowest BCUT2D eigenvalue weighted by molar-refractivity contribution is 0.103. The number of carbonyl (C=O) groups is 1. The number of benzene rings is 1. The van der Waals surface area contributed by atoms with E-state index in [9.17, 15) is 4.79 Å². The molecular weight excluding hydrogens is 232 g/mol. The molecule has 0 saturated carbocycles. The largest absolute Gasteiger partial charge is 0.325 e. The van der Waals surface area contributed by atoms with Gasteiger partial charge in [0.05, 0.1) is 0 Å². The summed E-state index contributed by atoms with van der Waals surface area (Å²) in [4.78, 5) is 16.4. The van der Waals surface area contributed by atoms with Crippen molar-refractivity contribution in [3.63, 3.8) is 0 Å². The lowest BCUT2D eigenvalue weighted by atomic mass is 10.0. The van der Waals surface area contributed by atoms with Gasteiger partial charge in [-0.15, -0.1) is 11.3 Å². The lowest BCUT2D eigenvalue weighted by Crippen LogP contribution is -2.05. The van der Waals surface area contributed by atoms with Gasteiger partial charge in [-0.05, 0) is 19.4 Å². The summed E-state index contributed by atoms with van der Waals surface area (Å²) >= 11 is 1.42. The van der Waals surface area contributed by atoms with E-state index in [2.05, 4.69) is 4.98 Å². The maximum atomic E-state index is 12.2. The van der Waals surface area contributed by atoms with Crippen LogP contribution >= 0.6 is 11.3 Å². The molecule has 0 unspecified atom stereocenters. The Labute approximate surface area is 104 Å². The van der Waals surface area contributed by atoms with Crippen molar-refractivity contribution in [2.24, 2.45) is 5.73 Å². The summed E-state index contributed by atoms with van der Waals surface area (Å²) in [6.07, 6.45) is 0. The van der Waals surface area contributed by atoms with E-state index in [0.717, 1.165) is 16.1 Å². The fourth-order valence-corrected chi connectivity index (χ4v) is 2.37. The van der Waals surface area contributed by atoms with E-state index in [-0.39, 0.29) is 5.78 Å². The molecule has 3 nitrogen and oxygen atoms in total. The van der Waals surface area contributed by atoms with Crippen LogP contribution in [0.1, 0.15) is 32.2 Å². The summed E-state index contributed by atoms with van der Waals surface area (Å²) in [6, 6.07) is 5.80. The van der Waals surface area contributed by atoms with Crippen LogP contribution in [0.15, 0.2) is 23.6 Å². The number of aryl methyl sites for hydroxylation is 2. The standard InChI is InChI=1S/C13H14N2OS/c1-8-3-4-10(9(2)5-8)13(16)11-7-17-12(6-14)15-11/h3-5,7H,6,14H2,1-2H3. The molecule has 2 aromatic rings. The molecule has 1 aromatic heterocycles. The molecule has 88 valence electrons. The zero-order valence-electron chi connectivity index (χ0n) is 9.86. The first-order valence-electron chi connectivity index (χ1n) is 5.38. The molecule has 0 radical (unpaired) electrons. The number of carbonyl (C=O) groups excluding carboxylic acids is 1. The fraction of sp³-hybridized carbons (Fsp3) is 0.231. The number of aromatic nitrogens is 1. The normalized spacial score (nSPS) is 10.5. The minimum atomic E-state index is -0.0292. The predicted molar refractivity (Wildman–Crippen MR) is 69.4 cm³/mol. The highest BCUT2D eigenvalue weighted by Gasteiger charge is 2.14. The first-order chi connectivity index (χ1) is 8.11. The minimum absolute atomic E-state index is 0.0292. The summed E-state index contributed by atoms with van der Waals surface area (Å²) in [6.45, 7) is 4.33. The molecule has 0 spiro atoms. The van der Waals surface area contributed by atoms with Crippen molar-refractivity contribution in [1.82, 2.24) is 4.98 Å². The van der Waals surface area contributed by atoms with Crippen LogP contribution in [0.2, 0.25) is 0 Å². The van der Waals surface area contributed by atoms with Crippen molar-refractivity contribution >= 4 is 17.1 Å². The van der Waals surface area contributed by atoms with Crippen molar-refractivity contribution in [1.29, 1.82) is 0 Å². The monoisotopic (exact) mass is 246 g/mol. The number of ketones is 1. The van der Waals surface area contributed by atoms with Crippen molar-refractivity contribution in [3.8, 4) is 0 Å². The molecule has 0 aliphatic heterocycles. The Kier molecular flexibility index (Phi) is 3.36. The zero-order chi connectivity index (χ0) is 12.4. The molecule has 0 aliphatic carbocycles. The number of hydrogen-bond acceptors (Lipinski definition) is 4. The van der Waals surface area contributed by atoms with Gasteiger partial charge in [-0.3, -0.25) is 4.79 Å². The summed E-state index contributed by atoms with van der Waals surface area (Å²) in [7, 11) is 0. The first-order valence-corrected chi connectivity index (χ1v) is 6.26. The van der Waals surface area contributed by atoms with E-state index in [1.54, 1.807) is 5.38 Å². The average molecular weight is 246 g/mol. The molecule has 2 N–H and O–H groups in total. The molecule has 0 amide bonds. The average Bonchev–Trinajstić information content (AvgIpc) is 2.76. The van der Waals surface area contributed by atoms with E-state index < -0.39 is 0 Å². The number of rotatable bonds is 3. The quantitative estimate of drug-likeness (QED) is 0.846. The highest BCUT2D eigenvalue weighted by atomic mass is 32.1. The Morgan fingerprint density at radius 3 is 2.76 bits per heavy atom. The third-order valence-corrected chi connectivity index (χ3v) is 3.46. The third-order valence-electron chi connectivity index (χ3n) is 2.59. The van der Waals surface area contributed by atoms with Gasteiger partial charge < -0.3 is 5.73 Å². The van der Waals surface area contributed by atoms with E-state index in [4.69, 9.17) is 5.73 Å². The lowest BCUT2D eigenvalue weighted by Gasteiger charge is -2.03. The molecule has 0 bridgehead atoms. The number of nitrogens with zero attached hydrogens (tertiary/aromatic N) is 1.